The Labute approximate surface area is 107 Å². The van der Waals surface area contributed by atoms with Crippen LogP contribution in [0.1, 0.15) is 16.8 Å². The summed E-state index contributed by atoms with van der Waals surface area (Å²) in [6.07, 6.45) is 1.03. The number of anilines is 2. The summed E-state index contributed by atoms with van der Waals surface area (Å²) in [4.78, 5) is 15.6. The number of carboxylic acids is 1. The van der Waals surface area contributed by atoms with Gasteiger partial charge < -0.3 is 20.6 Å². The number of carbonyl (C=O) groups is 1. The van der Waals surface area contributed by atoms with Crippen molar-refractivity contribution in [1.82, 2.24) is 4.90 Å². The molecule has 5 heteroatoms. The number of nitrogen functional groups attached to an aromatic ring is 1. The topological polar surface area (TPSA) is 69.8 Å². The second-order valence-electron chi connectivity index (χ2n) is 4.73. The van der Waals surface area contributed by atoms with Crippen LogP contribution in [-0.4, -0.2) is 49.2 Å². The van der Waals surface area contributed by atoms with Gasteiger partial charge in [0.25, 0.3) is 0 Å². The van der Waals surface area contributed by atoms with Gasteiger partial charge in [0.1, 0.15) is 0 Å². The number of likely N-dealkylation sites (N-methyl/N-ethyl adjacent to an activating group) is 1. The van der Waals surface area contributed by atoms with E-state index in [0.717, 1.165) is 38.3 Å². The lowest BCUT2D eigenvalue weighted by molar-refractivity contribution is 0.0697. The molecule has 1 aliphatic rings. The van der Waals surface area contributed by atoms with E-state index >= 15 is 0 Å². The molecule has 1 saturated heterocycles. The molecule has 18 heavy (non-hydrogen) atoms. The average molecular weight is 249 g/mol. The molecule has 0 unspecified atom stereocenters. The molecule has 2 rings (SSSR count). The van der Waals surface area contributed by atoms with Crippen molar-refractivity contribution in [2.45, 2.75) is 6.42 Å². The van der Waals surface area contributed by atoms with Crippen LogP contribution in [0.2, 0.25) is 0 Å². The fourth-order valence-corrected chi connectivity index (χ4v) is 2.28. The highest BCUT2D eigenvalue weighted by Gasteiger charge is 2.18. The number of aromatic carboxylic acids is 1. The Balaban J connectivity index is 2.30. The zero-order valence-electron chi connectivity index (χ0n) is 10.6. The van der Waals surface area contributed by atoms with E-state index in [0.29, 0.717) is 11.3 Å². The largest absolute Gasteiger partial charge is 0.478 e. The molecule has 0 atom stereocenters. The summed E-state index contributed by atoms with van der Waals surface area (Å²) >= 11 is 0. The molecule has 1 heterocycles. The highest BCUT2D eigenvalue weighted by molar-refractivity contribution is 5.95. The first-order valence-electron chi connectivity index (χ1n) is 6.14. The van der Waals surface area contributed by atoms with Crippen molar-refractivity contribution in [2.75, 3.05) is 43.9 Å². The second-order valence-corrected chi connectivity index (χ2v) is 4.73. The van der Waals surface area contributed by atoms with Crippen molar-refractivity contribution < 1.29 is 9.90 Å². The van der Waals surface area contributed by atoms with E-state index in [1.807, 2.05) is 0 Å². The average Bonchev–Trinajstić information content (AvgIpc) is 2.53. The summed E-state index contributed by atoms with van der Waals surface area (Å²) in [5.74, 6) is -0.900. The maximum absolute atomic E-state index is 11.2. The Morgan fingerprint density at radius 2 is 2.06 bits per heavy atom. The van der Waals surface area contributed by atoms with Gasteiger partial charge in [-0.05, 0) is 38.2 Å². The molecule has 0 bridgehead atoms. The molecule has 1 aliphatic heterocycles. The maximum atomic E-state index is 11.2. The van der Waals surface area contributed by atoms with Crippen molar-refractivity contribution in [1.29, 1.82) is 0 Å². The summed E-state index contributed by atoms with van der Waals surface area (Å²) < 4.78 is 0. The van der Waals surface area contributed by atoms with Gasteiger partial charge in [0.15, 0.2) is 0 Å². The van der Waals surface area contributed by atoms with Crippen molar-refractivity contribution in [3.8, 4) is 0 Å². The molecule has 5 nitrogen and oxygen atoms in total. The number of carboxylic acid groups (broad SMARTS) is 1. The molecule has 1 aromatic rings. The Morgan fingerprint density at radius 3 is 2.78 bits per heavy atom. The number of nitrogens with zero attached hydrogens (tertiary/aromatic N) is 2. The first kappa shape index (κ1) is 12.7. The molecule has 1 fully saturated rings. The van der Waals surface area contributed by atoms with Crippen molar-refractivity contribution in [3.05, 3.63) is 23.8 Å². The maximum Gasteiger partial charge on any atom is 0.337 e. The van der Waals surface area contributed by atoms with E-state index in [2.05, 4.69) is 16.8 Å². The number of hydrogen-bond donors (Lipinski definition) is 2. The van der Waals surface area contributed by atoms with E-state index < -0.39 is 5.97 Å². The van der Waals surface area contributed by atoms with Crippen molar-refractivity contribution in [2.24, 2.45) is 0 Å². The monoisotopic (exact) mass is 249 g/mol. The third-order valence-corrected chi connectivity index (χ3v) is 3.31. The van der Waals surface area contributed by atoms with Crippen LogP contribution in [0, 0.1) is 0 Å². The number of benzene rings is 1. The minimum Gasteiger partial charge on any atom is -0.478 e. The molecule has 0 amide bonds. The molecule has 0 aromatic heterocycles. The predicted molar refractivity (Wildman–Crippen MR) is 72.1 cm³/mol. The summed E-state index contributed by atoms with van der Waals surface area (Å²) in [6.45, 7) is 3.68. The van der Waals surface area contributed by atoms with Gasteiger partial charge in [-0.15, -0.1) is 0 Å². The SMILES string of the molecule is CN1CCCN(c2cc(N)ccc2C(=O)O)CC1. The van der Waals surface area contributed by atoms with Crippen LogP contribution in [0.3, 0.4) is 0 Å². The minimum absolute atomic E-state index is 0.328. The van der Waals surface area contributed by atoms with E-state index in [4.69, 9.17) is 5.73 Å². The summed E-state index contributed by atoms with van der Waals surface area (Å²) in [6, 6.07) is 4.98. The first-order valence-corrected chi connectivity index (χ1v) is 6.14. The summed E-state index contributed by atoms with van der Waals surface area (Å²) in [7, 11) is 2.08. The zero-order chi connectivity index (χ0) is 13.1. The molecule has 0 radical (unpaired) electrons. The van der Waals surface area contributed by atoms with E-state index in [9.17, 15) is 9.90 Å². The minimum atomic E-state index is -0.900. The number of nitrogens with two attached hydrogens (primary N) is 1. The normalized spacial score (nSPS) is 17.5. The van der Waals surface area contributed by atoms with Gasteiger partial charge in [0, 0.05) is 25.3 Å². The van der Waals surface area contributed by atoms with Crippen LogP contribution in [0.25, 0.3) is 0 Å². The number of hydrogen-bond acceptors (Lipinski definition) is 4. The molecular formula is C13H19N3O2. The Kier molecular flexibility index (Phi) is 3.72. The fraction of sp³-hybridized carbons (Fsp3) is 0.462. The van der Waals surface area contributed by atoms with E-state index in [-0.39, 0.29) is 0 Å². The lowest BCUT2D eigenvalue weighted by atomic mass is 10.1. The van der Waals surface area contributed by atoms with Crippen LogP contribution in [0.4, 0.5) is 11.4 Å². The zero-order valence-corrected chi connectivity index (χ0v) is 10.6. The molecule has 0 spiro atoms. The molecule has 1 aromatic carbocycles. The first-order chi connectivity index (χ1) is 8.58. The predicted octanol–water partition coefficient (Wildman–Crippen LogP) is 1.11. The lowest BCUT2D eigenvalue weighted by Gasteiger charge is -2.24. The van der Waals surface area contributed by atoms with Gasteiger partial charge >= 0.3 is 5.97 Å². The molecule has 98 valence electrons. The van der Waals surface area contributed by atoms with Crippen LogP contribution in [0.15, 0.2) is 18.2 Å². The smallest absolute Gasteiger partial charge is 0.337 e. The molecule has 0 saturated carbocycles. The molecule has 3 N–H and O–H groups in total. The number of rotatable bonds is 2. The fourth-order valence-electron chi connectivity index (χ4n) is 2.28. The van der Waals surface area contributed by atoms with Crippen LogP contribution in [0.5, 0.6) is 0 Å². The van der Waals surface area contributed by atoms with E-state index in [1.54, 1.807) is 18.2 Å². The third-order valence-electron chi connectivity index (χ3n) is 3.31. The third kappa shape index (κ3) is 2.73. The van der Waals surface area contributed by atoms with Gasteiger partial charge in [0.2, 0.25) is 0 Å². The Hall–Kier alpha value is -1.75. The van der Waals surface area contributed by atoms with Crippen LogP contribution >= 0.6 is 0 Å². The Morgan fingerprint density at radius 1 is 1.28 bits per heavy atom. The van der Waals surface area contributed by atoms with Gasteiger partial charge in [-0.1, -0.05) is 0 Å². The standard InChI is InChI=1S/C13H19N3O2/c1-15-5-2-6-16(8-7-15)12-9-10(14)3-4-11(12)13(17)18/h3-4,9H,2,5-8,14H2,1H3,(H,17,18). The van der Waals surface area contributed by atoms with Crippen LogP contribution in [-0.2, 0) is 0 Å². The van der Waals surface area contributed by atoms with Gasteiger partial charge in [-0.25, -0.2) is 4.79 Å². The van der Waals surface area contributed by atoms with Crippen molar-refractivity contribution in [3.63, 3.8) is 0 Å². The van der Waals surface area contributed by atoms with Gasteiger partial charge in [-0.2, -0.15) is 0 Å². The van der Waals surface area contributed by atoms with E-state index in [1.165, 1.54) is 0 Å². The Bertz CT molecular complexity index is 448. The lowest BCUT2D eigenvalue weighted by Crippen LogP contribution is -2.30. The second kappa shape index (κ2) is 5.27. The highest BCUT2D eigenvalue weighted by Crippen LogP contribution is 2.24. The molecular weight excluding hydrogens is 230 g/mol. The summed E-state index contributed by atoms with van der Waals surface area (Å²) in [5.41, 5.74) is 7.44. The summed E-state index contributed by atoms with van der Waals surface area (Å²) in [5, 5.41) is 9.23. The van der Waals surface area contributed by atoms with Gasteiger partial charge in [-0.3, -0.25) is 0 Å². The molecule has 0 aliphatic carbocycles. The quantitative estimate of drug-likeness (QED) is 0.768. The highest BCUT2D eigenvalue weighted by atomic mass is 16.4. The van der Waals surface area contributed by atoms with Gasteiger partial charge in [0.05, 0.1) is 11.3 Å². The van der Waals surface area contributed by atoms with Crippen molar-refractivity contribution >= 4 is 17.3 Å². The van der Waals surface area contributed by atoms with Crippen LogP contribution < -0.4 is 10.6 Å².